The van der Waals surface area contributed by atoms with Gasteiger partial charge in [0.15, 0.2) is 0 Å². The molecule has 6 aliphatic rings. The third-order valence-electron chi connectivity index (χ3n) is 17.6. The van der Waals surface area contributed by atoms with E-state index >= 15 is 0 Å². The van der Waals surface area contributed by atoms with Crippen molar-refractivity contribution in [2.45, 2.75) is 176 Å². The highest BCUT2D eigenvalue weighted by atomic mass is 16.4. The zero-order valence-corrected chi connectivity index (χ0v) is 33.5. The van der Waals surface area contributed by atoms with Crippen LogP contribution in [0.2, 0.25) is 0 Å². The summed E-state index contributed by atoms with van der Waals surface area (Å²) in [6.07, 6.45) is 22.8. The SMILES string of the molecule is C=C(CN1CCCC1)[C@@H]1CC[C@]2(C(=O)NCCCCCCCCCCC(=O)O)CC[C@]3(C)[C@H](CC[C@@H]4[C@@]5(C)CC[C@H](O)C(C)(C)[C@@H]5CC[C@]43C)[C@@H]12. The van der Waals surface area contributed by atoms with Crippen LogP contribution in [0.4, 0.5) is 0 Å². The van der Waals surface area contributed by atoms with Crippen LogP contribution in [-0.4, -0.2) is 59.3 Å². The van der Waals surface area contributed by atoms with Gasteiger partial charge < -0.3 is 15.5 Å². The number of fused-ring (bicyclic) bond motifs is 7. The maximum Gasteiger partial charge on any atom is 0.303 e. The summed E-state index contributed by atoms with van der Waals surface area (Å²) in [6.45, 7) is 21.7. The van der Waals surface area contributed by atoms with Crippen molar-refractivity contribution in [3.05, 3.63) is 12.2 Å². The minimum absolute atomic E-state index is 0.0287. The molecular formula is C45H76N2O4. The largest absolute Gasteiger partial charge is 0.481 e. The van der Waals surface area contributed by atoms with Crippen molar-refractivity contribution in [1.29, 1.82) is 0 Å². The van der Waals surface area contributed by atoms with Crippen molar-refractivity contribution < 1.29 is 19.8 Å². The summed E-state index contributed by atoms with van der Waals surface area (Å²) in [5.74, 6) is 2.30. The second-order valence-electron chi connectivity index (χ2n) is 20.2. The van der Waals surface area contributed by atoms with Gasteiger partial charge in [-0.25, -0.2) is 0 Å². The van der Waals surface area contributed by atoms with E-state index in [0.29, 0.717) is 41.9 Å². The Labute approximate surface area is 311 Å². The first kappa shape index (κ1) is 39.3. The summed E-state index contributed by atoms with van der Waals surface area (Å²) in [5.41, 5.74) is 1.85. The van der Waals surface area contributed by atoms with Gasteiger partial charge in [0.1, 0.15) is 0 Å². The molecule has 0 aromatic rings. The molecule has 10 atom stereocenters. The number of amides is 1. The van der Waals surface area contributed by atoms with Crippen LogP contribution in [0.3, 0.4) is 0 Å². The Bertz CT molecular complexity index is 1260. The number of aliphatic hydroxyl groups is 1. The van der Waals surface area contributed by atoms with Crippen LogP contribution in [-0.2, 0) is 9.59 Å². The van der Waals surface area contributed by atoms with E-state index in [0.717, 1.165) is 77.3 Å². The van der Waals surface area contributed by atoms with Gasteiger partial charge in [-0.15, -0.1) is 0 Å². The van der Waals surface area contributed by atoms with Crippen molar-refractivity contribution in [2.24, 2.45) is 56.7 Å². The van der Waals surface area contributed by atoms with E-state index in [-0.39, 0.29) is 33.2 Å². The molecule has 1 amide bonds. The number of hydrogen-bond donors (Lipinski definition) is 3. The molecule has 0 aromatic carbocycles. The maximum absolute atomic E-state index is 14.7. The summed E-state index contributed by atoms with van der Waals surface area (Å²) >= 11 is 0. The highest BCUT2D eigenvalue weighted by Gasteiger charge is 2.72. The standard InChI is InChI=1S/C45H76N2O4/c1-32(31-47-29-15-16-30-47)33-20-25-45(40(51)46-28-14-12-10-8-7-9-11-13-17-38(49)50)27-26-43(5)34(39(33)45)18-19-36-42(4)23-22-37(48)41(2,3)35(42)21-24-44(36,43)6/h33-37,39,48H,1,7-31H2,2-6H3,(H,46,51)(H,49,50)/t33-,34+,35-,36+,37-,39+,42-,43+,44+,45-/m0/s1. The molecule has 51 heavy (non-hydrogen) atoms. The van der Waals surface area contributed by atoms with E-state index in [1.54, 1.807) is 0 Å². The first-order valence-electron chi connectivity index (χ1n) is 21.8. The molecule has 0 aromatic heterocycles. The van der Waals surface area contributed by atoms with Gasteiger partial charge in [0.25, 0.3) is 0 Å². The molecular weight excluding hydrogens is 633 g/mol. The van der Waals surface area contributed by atoms with E-state index in [4.69, 9.17) is 11.7 Å². The number of carbonyl (C=O) groups is 2. The Morgan fingerprint density at radius 3 is 2.10 bits per heavy atom. The lowest BCUT2D eigenvalue weighted by Crippen LogP contribution is -2.67. The molecule has 0 spiro atoms. The van der Waals surface area contributed by atoms with E-state index in [1.807, 2.05) is 0 Å². The minimum atomic E-state index is -0.686. The Balaban J connectivity index is 1.15. The molecule has 6 nitrogen and oxygen atoms in total. The Kier molecular flexibility index (Phi) is 11.9. The summed E-state index contributed by atoms with van der Waals surface area (Å²) in [4.78, 5) is 28.0. The predicted octanol–water partition coefficient (Wildman–Crippen LogP) is 9.79. The van der Waals surface area contributed by atoms with Crippen LogP contribution < -0.4 is 5.32 Å². The fraction of sp³-hybridized carbons (Fsp3) is 0.911. The fourth-order valence-electron chi connectivity index (χ4n) is 14.6. The Morgan fingerprint density at radius 2 is 1.41 bits per heavy atom. The van der Waals surface area contributed by atoms with Crippen molar-refractivity contribution in [3.8, 4) is 0 Å². The third kappa shape index (κ3) is 7.02. The summed E-state index contributed by atoms with van der Waals surface area (Å²) < 4.78 is 0. The normalized spacial score (nSPS) is 41.6. The average molecular weight is 709 g/mol. The van der Waals surface area contributed by atoms with Gasteiger partial charge in [-0.2, -0.15) is 0 Å². The second kappa shape index (κ2) is 15.4. The summed E-state index contributed by atoms with van der Waals surface area (Å²) in [5, 5.41) is 23.5. The summed E-state index contributed by atoms with van der Waals surface area (Å²) in [7, 11) is 0. The minimum Gasteiger partial charge on any atom is -0.481 e. The molecule has 290 valence electrons. The second-order valence-corrected chi connectivity index (χ2v) is 20.2. The number of carbonyl (C=O) groups excluding carboxylic acids is 1. The molecule has 0 unspecified atom stereocenters. The molecule has 6 heteroatoms. The van der Waals surface area contributed by atoms with Gasteiger partial charge in [-0.1, -0.05) is 85.3 Å². The van der Waals surface area contributed by atoms with Crippen LogP contribution in [0.5, 0.6) is 0 Å². The van der Waals surface area contributed by atoms with Crippen LogP contribution in [0.25, 0.3) is 0 Å². The van der Waals surface area contributed by atoms with E-state index in [1.165, 1.54) is 82.9 Å². The molecule has 5 aliphatic carbocycles. The predicted molar refractivity (Wildman–Crippen MR) is 207 cm³/mol. The average Bonchev–Trinajstić information content (AvgIpc) is 3.74. The zero-order chi connectivity index (χ0) is 36.7. The van der Waals surface area contributed by atoms with Crippen LogP contribution >= 0.6 is 0 Å². The highest BCUT2D eigenvalue weighted by Crippen LogP contribution is 2.77. The first-order chi connectivity index (χ1) is 24.2. The van der Waals surface area contributed by atoms with Crippen LogP contribution in [0.1, 0.15) is 169 Å². The van der Waals surface area contributed by atoms with E-state index in [9.17, 15) is 14.7 Å². The number of aliphatic hydroxyl groups excluding tert-OH is 1. The van der Waals surface area contributed by atoms with Crippen LogP contribution in [0.15, 0.2) is 12.2 Å². The highest BCUT2D eigenvalue weighted by molar-refractivity contribution is 5.84. The smallest absolute Gasteiger partial charge is 0.303 e. The van der Waals surface area contributed by atoms with Crippen molar-refractivity contribution in [1.82, 2.24) is 10.2 Å². The number of carboxylic acids is 1. The lowest BCUT2D eigenvalue weighted by Gasteiger charge is -2.72. The van der Waals surface area contributed by atoms with Gasteiger partial charge >= 0.3 is 5.97 Å². The van der Waals surface area contributed by atoms with Crippen molar-refractivity contribution >= 4 is 11.9 Å². The zero-order valence-electron chi connectivity index (χ0n) is 33.5. The molecule has 1 saturated heterocycles. The molecule has 6 fully saturated rings. The van der Waals surface area contributed by atoms with Gasteiger partial charge in [-0.05, 0) is 154 Å². The monoisotopic (exact) mass is 709 g/mol. The topological polar surface area (TPSA) is 89.9 Å². The fourth-order valence-corrected chi connectivity index (χ4v) is 14.6. The number of aliphatic carboxylic acids is 1. The lowest BCUT2D eigenvalue weighted by molar-refractivity contribution is -0.246. The number of unbranched alkanes of at least 4 members (excludes halogenated alkanes) is 7. The molecule has 5 saturated carbocycles. The Morgan fingerprint density at radius 1 is 0.745 bits per heavy atom. The lowest BCUT2D eigenvalue weighted by atomic mass is 9.32. The van der Waals surface area contributed by atoms with Gasteiger partial charge in [-0.3, -0.25) is 14.5 Å². The quantitative estimate of drug-likeness (QED) is 0.116. The molecule has 1 heterocycles. The number of hydrogen-bond acceptors (Lipinski definition) is 4. The number of carboxylic acid groups (broad SMARTS) is 1. The molecule has 6 rings (SSSR count). The van der Waals surface area contributed by atoms with E-state index < -0.39 is 5.97 Å². The third-order valence-corrected chi connectivity index (χ3v) is 17.6. The maximum atomic E-state index is 14.7. The number of rotatable bonds is 15. The number of nitrogens with one attached hydrogen (secondary N) is 1. The van der Waals surface area contributed by atoms with E-state index in [2.05, 4.69) is 44.8 Å². The summed E-state index contributed by atoms with van der Waals surface area (Å²) in [6, 6.07) is 0. The van der Waals surface area contributed by atoms with Gasteiger partial charge in [0.2, 0.25) is 5.91 Å². The molecule has 0 bridgehead atoms. The molecule has 1 aliphatic heterocycles. The Hall–Kier alpha value is -1.40. The van der Waals surface area contributed by atoms with Crippen LogP contribution in [0, 0.1) is 56.7 Å². The van der Waals surface area contributed by atoms with Crippen molar-refractivity contribution in [3.63, 3.8) is 0 Å². The molecule has 3 N–H and O–H groups in total. The van der Waals surface area contributed by atoms with Gasteiger partial charge in [0, 0.05) is 19.5 Å². The first-order valence-corrected chi connectivity index (χ1v) is 21.8. The number of likely N-dealkylation sites (tertiary alicyclic amines) is 1. The van der Waals surface area contributed by atoms with Gasteiger partial charge in [0.05, 0.1) is 11.5 Å². The number of nitrogens with zero attached hydrogens (tertiary/aromatic N) is 1. The molecule has 0 radical (unpaired) electrons. The van der Waals surface area contributed by atoms with Crippen molar-refractivity contribution in [2.75, 3.05) is 26.2 Å².